The standard InChI is InChI=1S/C12H17N3O2/c1-2-3-7-11(16)14-15-12(17)9-10-6-4-5-8-13-10/h4-6,8H,2-3,7,9H2,1H3,(H,14,16)(H,15,17). The van der Waals surface area contributed by atoms with Crippen LogP contribution in [0.2, 0.25) is 0 Å². The number of carbonyl (C=O) groups excluding carboxylic acids is 2. The van der Waals surface area contributed by atoms with E-state index in [1.54, 1.807) is 18.3 Å². The number of hydrogen-bond acceptors (Lipinski definition) is 3. The summed E-state index contributed by atoms with van der Waals surface area (Å²) >= 11 is 0. The third-order valence-electron chi connectivity index (χ3n) is 2.17. The first-order chi connectivity index (χ1) is 8.22. The van der Waals surface area contributed by atoms with E-state index >= 15 is 0 Å². The lowest BCUT2D eigenvalue weighted by Crippen LogP contribution is -2.42. The predicted molar refractivity (Wildman–Crippen MR) is 63.8 cm³/mol. The molecule has 0 spiro atoms. The van der Waals surface area contributed by atoms with Gasteiger partial charge in [0.2, 0.25) is 11.8 Å². The number of carbonyl (C=O) groups is 2. The van der Waals surface area contributed by atoms with E-state index in [0.717, 1.165) is 12.8 Å². The van der Waals surface area contributed by atoms with Gasteiger partial charge in [-0.1, -0.05) is 19.4 Å². The van der Waals surface area contributed by atoms with Crippen molar-refractivity contribution in [2.45, 2.75) is 32.6 Å². The van der Waals surface area contributed by atoms with E-state index in [1.807, 2.05) is 13.0 Å². The van der Waals surface area contributed by atoms with Gasteiger partial charge in [0, 0.05) is 18.3 Å². The lowest BCUT2D eigenvalue weighted by atomic mass is 10.2. The van der Waals surface area contributed by atoms with Crippen molar-refractivity contribution >= 4 is 11.8 Å². The zero-order chi connectivity index (χ0) is 12.5. The fourth-order valence-corrected chi connectivity index (χ4v) is 1.25. The molecule has 0 atom stereocenters. The van der Waals surface area contributed by atoms with E-state index in [0.29, 0.717) is 12.1 Å². The number of rotatable bonds is 5. The van der Waals surface area contributed by atoms with Crippen molar-refractivity contribution < 1.29 is 9.59 Å². The van der Waals surface area contributed by atoms with E-state index < -0.39 is 0 Å². The van der Waals surface area contributed by atoms with E-state index in [1.165, 1.54) is 0 Å². The summed E-state index contributed by atoms with van der Waals surface area (Å²) in [4.78, 5) is 26.7. The number of nitrogens with one attached hydrogen (secondary N) is 2. The van der Waals surface area contributed by atoms with Gasteiger partial charge in [0.05, 0.1) is 6.42 Å². The van der Waals surface area contributed by atoms with Gasteiger partial charge in [-0.15, -0.1) is 0 Å². The molecule has 0 aliphatic carbocycles. The van der Waals surface area contributed by atoms with Gasteiger partial charge in [-0.3, -0.25) is 25.4 Å². The van der Waals surface area contributed by atoms with Crippen LogP contribution in [0.25, 0.3) is 0 Å². The van der Waals surface area contributed by atoms with Crippen molar-refractivity contribution in [2.24, 2.45) is 0 Å². The van der Waals surface area contributed by atoms with Crippen molar-refractivity contribution in [1.82, 2.24) is 15.8 Å². The van der Waals surface area contributed by atoms with Crippen molar-refractivity contribution in [2.75, 3.05) is 0 Å². The molecule has 1 heterocycles. The number of amides is 2. The lowest BCUT2D eigenvalue weighted by Gasteiger charge is -2.06. The minimum absolute atomic E-state index is 0.162. The number of hydrazine groups is 1. The molecule has 92 valence electrons. The molecule has 0 saturated carbocycles. The Morgan fingerprint density at radius 3 is 2.65 bits per heavy atom. The Bertz CT molecular complexity index is 365. The van der Waals surface area contributed by atoms with Crippen LogP contribution in [0.15, 0.2) is 24.4 Å². The van der Waals surface area contributed by atoms with Gasteiger partial charge in [0.1, 0.15) is 0 Å². The largest absolute Gasteiger partial charge is 0.273 e. The number of unbranched alkanes of at least 4 members (excludes halogenated alkanes) is 1. The van der Waals surface area contributed by atoms with Gasteiger partial charge < -0.3 is 0 Å². The van der Waals surface area contributed by atoms with Gasteiger partial charge in [0.15, 0.2) is 0 Å². The Kier molecular flexibility index (Phi) is 5.71. The molecule has 0 aliphatic heterocycles. The molecule has 0 bridgehead atoms. The van der Waals surface area contributed by atoms with Crippen molar-refractivity contribution in [3.8, 4) is 0 Å². The summed E-state index contributed by atoms with van der Waals surface area (Å²) in [5, 5.41) is 0. The smallest absolute Gasteiger partial charge is 0.244 e. The zero-order valence-electron chi connectivity index (χ0n) is 9.90. The second-order valence-electron chi connectivity index (χ2n) is 3.70. The summed E-state index contributed by atoms with van der Waals surface area (Å²) in [7, 11) is 0. The normalized spacial score (nSPS) is 9.71. The van der Waals surface area contributed by atoms with E-state index in [2.05, 4.69) is 15.8 Å². The number of nitrogens with zero attached hydrogens (tertiary/aromatic N) is 1. The molecule has 17 heavy (non-hydrogen) atoms. The number of pyridine rings is 1. The van der Waals surface area contributed by atoms with Crippen LogP contribution in [-0.2, 0) is 16.0 Å². The predicted octanol–water partition coefficient (Wildman–Crippen LogP) is 0.962. The van der Waals surface area contributed by atoms with Gasteiger partial charge in [-0.05, 0) is 18.6 Å². The molecule has 2 N–H and O–H groups in total. The SMILES string of the molecule is CCCCC(=O)NNC(=O)Cc1ccccn1. The minimum atomic E-state index is -0.270. The molecule has 1 rings (SSSR count). The maximum absolute atomic E-state index is 11.4. The van der Waals surface area contributed by atoms with Crippen LogP contribution in [0, 0.1) is 0 Å². The zero-order valence-corrected chi connectivity index (χ0v) is 9.90. The molecule has 1 aromatic heterocycles. The first kappa shape index (κ1) is 13.2. The Labute approximate surface area is 101 Å². The molecule has 2 amide bonds. The lowest BCUT2D eigenvalue weighted by molar-refractivity contribution is -0.128. The Morgan fingerprint density at radius 1 is 1.24 bits per heavy atom. The van der Waals surface area contributed by atoms with E-state index in [9.17, 15) is 9.59 Å². The maximum Gasteiger partial charge on any atom is 0.244 e. The topological polar surface area (TPSA) is 71.1 Å². The summed E-state index contributed by atoms with van der Waals surface area (Å²) in [6.07, 6.45) is 3.99. The van der Waals surface area contributed by atoms with Crippen molar-refractivity contribution in [1.29, 1.82) is 0 Å². The fourth-order valence-electron chi connectivity index (χ4n) is 1.25. The molecule has 0 radical (unpaired) electrons. The van der Waals surface area contributed by atoms with E-state index in [-0.39, 0.29) is 18.2 Å². The third kappa shape index (κ3) is 5.65. The van der Waals surface area contributed by atoms with Crippen molar-refractivity contribution in [3.63, 3.8) is 0 Å². The molecule has 5 nitrogen and oxygen atoms in total. The van der Waals surface area contributed by atoms with Crippen LogP contribution in [-0.4, -0.2) is 16.8 Å². The molecule has 0 aromatic carbocycles. The molecule has 0 unspecified atom stereocenters. The fraction of sp³-hybridized carbons (Fsp3) is 0.417. The molecule has 1 aromatic rings. The van der Waals surface area contributed by atoms with Crippen LogP contribution >= 0.6 is 0 Å². The summed E-state index contributed by atoms with van der Waals surface area (Å²) in [5.41, 5.74) is 5.41. The second-order valence-corrected chi connectivity index (χ2v) is 3.70. The summed E-state index contributed by atoms with van der Waals surface area (Å²) in [6.45, 7) is 2.01. The number of hydrogen-bond donors (Lipinski definition) is 2. The highest BCUT2D eigenvalue weighted by molar-refractivity contribution is 5.82. The van der Waals surface area contributed by atoms with Gasteiger partial charge in [-0.2, -0.15) is 0 Å². The Balaban J connectivity index is 2.24. The van der Waals surface area contributed by atoms with E-state index in [4.69, 9.17) is 0 Å². The number of aromatic nitrogens is 1. The highest BCUT2D eigenvalue weighted by atomic mass is 16.2. The van der Waals surface area contributed by atoms with Crippen LogP contribution in [0.4, 0.5) is 0 Å². The molecule has 0 fully saturated rings. The molecule has 0 saturated heterocycles. The van der Waals surface area contributed by atoms with Crippen LogP contribution in [0.3, 0.4) is 0 Å². The average molecular weight is 235 g/mol. The second kappa shape index (κ2) is 7.38. The quantitative estimate of drug-likeness (QED) is 0.747. The van der Waals surface area contributed by atoms with Crippen LogP contribution in [0.1, 0.15) is 31.9 Å². The molecular formula is C12H17N3O2. The first-order valence-corrected chi connectivity index (χ1v) is 5.70. The Hall–Kier alpha value is -1.91. The highest BCUT2D eigenvalue weighted by Crippen LogP contribution is 1.94. The Morgan fingerprint density at radius 2 is 2.00 bits per heavy atom. The summed E-state index contributed by atoms with van der Waals surface area (Å²) in [6, 6.07) is 5.36. The highest BCUT2D eigenvalue weighted by Gasteiger charge is 2.05. The van der Waals surface area contributed by atoms with Crippen molar-refractivity contribution in [3.05, 3.63) is 30.1 Å². The average Bonchev–Trinajstić information content (AvgIpc) is 2.35. The minimum Gasteiger partial charge on any atom is -0.273 e. The molecule has 0 aliphatic rings. The van der Waals surface area contributed by atoms with Crippen LogP contribution < -0.4 is 10.9 Å². The first-order valence-electron chi connectivity index (χ1n) is 5.70. The third-order valence-corrected chi connectivity index (χ3v) is 2.17. The van der Waals surface area contributed by atoms with Gasteiger partial charge in [-0.25, -0.2) is 0 Å². The molecule has 5 heteroatoms. The monoisotopic (exact) mass is 235 g/mol. The van der Waals surface area contributed by atoms with Crippen LogP contribution in [0.5, 0.6) is 0 Å². The summed E-state index contributed by atoms with van der Waals surface area (Å²) in [5.74, 6) is -0.435. The van der Waals surface area contributed by atoms with Gasteiger partial charge >= 0.3 is 0 Å². The maximum atomic E-state index is 11.4. The van der Waals surface area contributed by atoms with Gasteiger partial charge in [0.25, 0.3) is 0 Å². The summed E-state index contributed by atoms with van der Waals surface area (Å²) < 4.78 is 0. The molecular weight excluding hydrogens is 218 g/mol.